The van der Waals surface area contributed by atoms with E-state index in [0.717, 1.165) is 5.56 Å². The Morgan fingerprint density at radius 3 is 2.52 bits per heavy atom. The summed E-state index contributed by atoms with van der Waals surface area (Å²) in [5.41, 5.74) is 6.35. The number of carbonyl (C=O) groups excluding carboxylic acids is 1. The summed E-state index contributed by atoms with van der Waals surface area (Å²) < 4.78 is 10.4. The molecule has 0 radical (unpaired) electrons. The molecule has 0 saturated heterocycles. The summed E-state index contributed by atoms with van der Waals surface area (Å²) in [6.45, 7) is 5.21. The van der Waals surface area contributed by atoms with E-state index in [1.165, 1.54) is 7.11 Å². The molecule has 1 aromatic carbocycles. The summed E-state index contributed by atoms with van der Waals surface area (Å²) in [5.74, 6) is -0.436. The first kappa shape index (κ1) is 18.6. The number of hydrogen-bond acceptors (Lipinski definition) is 5. The van der Waals surface area contributed by atoms with Crippen LogP contribution in [0.25, 0.3) is 0 Å². The number of methoxy groups -OCH3 is 1. The van der Waals surface area contributed by atoms with Crippen LogP contribution in [-0.4, -0.2) is 35.9 Å². The normalized spacial score (nSPS) is 12.3. The molecular formula is C16H24N2O5. The van der Waals surface area contributed by atoms with Crippen molar-refractivity contribution in [3.8, 4) is 5.75 Å². The van der Waals surface area contributed by atoms with Crippen molar-refractivity contribution < 1.29 is 24.2 Å². The minimum atomic E-state index is -1.02. The lowest BCUT2D eigenvalue weighted by molar-refractivity contribution is -0.137. The average molecular weight is 324 g/mol. The van der Waals surface area contributed by atoms with Gasteiger partial charge in [-0.25, -0.2) is 4.79 Å². The fraction of sp³-hybridized carbons (Fsp3) is 0.500. The SMILES string of the molecule is COc1ccc(N)cc1C[C@@H](CC(=O)O)NC(=O)OC(C)(C)C. The molecule has 0 spiro atoms. The van der Waals surface area contributed by atoms with Crippen molar-refractivity contribution in [2.45, 2.75) is 45.3 Å². The number of hydrogen-bond donors (Lipinski definition) is 3. The van der Waals surface area contributed by atoms with Gasteiger partial charge in [-0.05, 0) is 51.0 Å². The highest BCUT2D eigenvalue weighted by molar-refractivity contribution is 5.71. The number of nitrogens with one attached hydrogen (secondary N) is 1. The first-order chi connectivity index (χ1) is 10.6. The largest absolute Gasteiger partial charge is 0.496 e. The molecule has 23 heavy (non-hydrogen) atoms. The lowest BCUT2D eigenvalue weighted by Gasteiger charge is -2.23. The highest BCUT2D eigenvalue weighted by Crippen LogP contribution is 2.23. The maximum absolute atomic E-state index is 11.9. The topological polar surface area (TPSA) is 111 Å². The molecule has 0 aliphatic rings. The van der Waals surface area contributed by atoms with Gasteiger partial charge < -0.3 is 25.6 Å². The third kappa shape index (κ3) is 6.90. The summed E-state index contributed by atoms with van der Waals surface area (Å²) in [6.07, 6.45) is -0.636. The minimum absolute atomic E-state index is 0.239. The highest BCUT2D eigenvalue weighted by Gasteiger charge is 2.22. The number of carboxylic acid groups (broad SMARTS) is 1. The van der Waals surface area contributed by atoms with Gasteiger partial charge in [0.25, 0.3) is 0 Å². The molecule has 7 heteroatoms. The Morgan fingerprint density at radius 1 is 1.35 bits per heavy atom. The standard InChI is InChI=1S/C16H24N2O5/c1-16(2,3)23-15(21)18-12(9-14(19)20)8-10-7-11(17)5-6-13(10)22-4/h5-7,12H,8-9,17H2,1-4H3,(H,18,21)(H,19,20)/t12-/m0/s1. The van der Waals surface area contributed by atoms with Gasteiger partial charge in [-0.3, -0.25) is 4.79 Å². The lowest BCUT2D eigenvalue weighted by Crippen LogP contribution is -2.41. The van der Waals surface area contributed by atoms with E-state index in [2.05, 4.69) is 5.32 Å². The van der Waals surface area contributed by atoms with Crippen LogP contribution in [0, 0.1) is 0 Å². The maximum atomic E-state index is 11.9. The number of ether oxygens (including phenoxy) is 2. The Kier molecular flexibility index (Phi) is 6.24. The number of alkyl carbamates (subject to hydrolysis) is 1. The molecule has 128 valence electrons. The summed E-state index contributed by atoms with van der Waals surface area (Å²) in [7, 11) is 1.52. The molecule has 4 N–H and O–H groups in total. The predicted octanol–water partition coefficient (Wildman–Crippen LogP) is 2.19. The first-order valence-electron chi connectivity index (χ1n) is 7.24. The van der Waals surface area contributed by atoms with E-state index < -0.39 is 23.7 Å². The zero-order valence-corrected chi connectivity index (χ0v) is 13.9. The van der Waals surface area contributed by atoms with Crippen LogP contribution in [0.4, 0.5) is 10.5 Å². The molecular weight excluding hydrogens is 300 g/mol. The zero-order valence-electron chi connectivity index (χ0n) is 13.9. The third-order valence-electron chi connectivity index (χ3n) is 2.91. The number of nitrogens with two attached hydrogens (primary N) is 1. The maximum Gasteiger partial charge on any atom is 0.407 e. The molecule has 1 aromatic rings. The summed E-state index contributed by atoms with van der Waals surface area (Å²) in [6, 6.07) is 4.45. The smallest absolute Gasteiger partial charge is 0.407 e. The van der Waals surface area contributed by atoms with Gasteiger partial charge in [0.15, 0.2) is 0 Å². The zero-order chi connectivity index (χ0) is 17.6. The molecule has 0 unspecified atom stereocenters. The van der Waals surface area contributed by atoms with Crippen molar-refractivity contribution in [1.82, 2.24) is 5.32 Å². The van der Waals surface area contributed by atoms with Gasteiger partial charge in [-0.2, -0.15) is 0 Å². The monoisotopic (exact) mass is 324 g/mol. The van der Waals surface area contributed by atoms with Crippen LogP contribution < -0.4 is 15.8 Å². The molecule has 1 rings (SSSR count). The molecule has 7 nitrogen and oxygen atoms in total. The number of amides is 1. The second kappa shape index (κ2) is 7.71. The summed E-state index contributed by atoms with van der Waals surface area (Å²) in [5, 5.41) is 11.6. The van der Waals surface area contributed by atoms with Crippen LogP contribution in [0.2, 0.25) is 0 Å². The van der Waals surface area contributed by atoms with Gasteiger partial charge in [0.1, 0.15) is 11.4 Å². The third-order valence-corrected chi connectivity index (χ3v) is 2.91. The fourth-order valence-electron chi connectivity index (χ4n) is 2.08. The molecule has 0 saturated carbocycles. The van der Waals surface area contributed by atoms with Crippen molar-refractivity contribution in [2.24, 2.45) is 0 Å². The van der Waals surface area contributed by atoms with Crippen LogP contribution in [0.5, 0.6) is 5.75 Å². The van der Waals surface area contributed by atoms with Gasteiger partial charge in [-0.1, -0.05) is 0 Å². The van der Waals surface area contributed by atoms with Crippen LogP contribution in [0.15, 0.2) is 18.2 Å². The lowest BCUT2D eigenvalue weighted by atomic mass is 10.0. The summed E-state index contributed by atoms with van der Waals surface area (Å²) in [4.78, 5) is 22.9. The second-order valence-electron chi connectivity index (χ2n) is 6.22. The number of nitrogen functional groups attached to an aromatic ring is 1. The number of carbonyl (C=O) groups is 2. The molecule has 1 atom stereocenters. The van der Waals surface area contributed by atoms with E-state index >= 15 is 0 Å². The Morgan fingerprint density at radius 2 is 2.00 bits per heavy atom. The number of benzene rings is 1. The molecule has 0 aliphatic heterocycles. The summed E-state index contributed by atoms with van der Waals surface area (Å²) >= 11 is 0. The van der Waals surface area contributed by atoms with Crippen LogP contribution in [0.3, 0.4) is 0 Å². The second-order valence-corrected chi connectivity index (χ2v) is 6.22. The van der Waals surface area contributed by atoms with Crippen LogP contribution in [-0.2, 0) is 16.0 Å². The van der Waals surface area contributed by atoms with Crippen LogP contribution >= 0.6 is 0 Å². The van der Waals surface area contributed by atoms with E-state index in [1.54, 1.807) is 39.0 Å². The van der Waals surface area contributed by atoms with Crippen LogP contribution in [0.1, 0.15) is 32.8 Å². The number of rotatable bonds is 6. The Balaban J connectivity index is 2.88. The first-order valence-corrected chi connectivity index (χ1v) is 7.24. The van der Waals surface area contributed by atoms with Gasteiger partial charge >= 0.3 is 12.1 Å². The number of anilines is 1. The van der Waals surface area contributed by atoms with Crippen molar-refractivity contribution in [1.29, 1.82) is 0 Å². The Labute approximate surface area is 135 Å². The average Bonchev–Trinajstić information content (AvgIpc) is 2.35. The van der Waals surface area contributed by atoms with Crippen molar-refractivity contribution in [2.75, 3.05) is 12.8 Å². The Bertz CT molecular complexity index is 566. The van der Waals surface area contributed by atoms with Gasteiger partial charge in [0.2, 0.25) is 0 Å². The van der Waals surface area contributed by atoms with E-state index in [4.69, 9.17) is 20.3 Å². The van der Waals surface area contributed by atoms with Crippen molar-refractivity contribution in [3.05, 3.63) is 23.8 Å². The van der Waals surface area contributed by atoms with Gasteiger partial charge in [0, 0.05) is 11.7 Å². The van der Waals surface area contributed by atoms with Crippen molar-refractivity contribution in [3.63, 3.8) is 0 Å². The fourth-order valence-corrected chi connectivity index (χ4v) is 2.08. The Hall–Kier alpha value is -2.44. The highest BCUT2D eigenvalue weighted by atomic mass is 16.6. The quantitative estimate of drug-likeness (QED) is 0.692. The van der Waals surface area contributed by atoms with E-state index in [0.29, 0.717) is 11.4 Å². The van der Waals surface area contributed by atoms with Crippen molar-refractivity contribution >= 4 is 17.7 Å². The van der Waals surface area contributed by atoms with Gasteiger partial charge in [-0.15, -0.1) is 0 Å². The number of aliphatic carboxylic acids is 1. The predicted molar refractivity (Wildman–Crippen MR) is 86.5 cm³/mol. The molecule has 0 fully saturated rings. The number of carboxylic acids is 1. The minimum Gasteiger partial charge on any atom is -0.496 e. The molecule has 0 aromatic heterocycles. The van der Waals surface area contributed by atoms with E-state index in [-0.39, 0.29) is 12.8 Å². The van der Waals surface area contributed by atoms with E-state index in [9.17, 15) is 9.59 Å². The van der Waals surface area contributed by atoms with Gasteiger partial charge in [0.05, 0.1) is 13.5 Å². The molecule has 0 heterocycles. The molecule has 1 amide bonds. The molecule has 0 bridgehead atoms. The van der Waals surface area contributed by atoms with E-state index in [1.807, 2.05) is 0 Å². The molecule has 0 aliphatic carbocycles.